The first-order valence-corrected chi connectivity index (χ1v) is 8.03. The second kappa shape index (κ2) is 7.38. The lowest BCUT2D eigenvalue weighted by Gasteiger charge is -2.13. The normalized spacial score (nSPS) is 12.3. The summed E-state index contributed by atoms with van der Waals surface area (Å²) in [5.74, 6) is 0.675. The SMILES string of the molecule is CSCC[C@H](N)C(=O)Nc1cc(Cl)c(C)cc1Br. The molecular weight excluding hydrogens is 336 g/mol. The van der Waals surface area contributed by atoms with Gasteiger partial charge in [-0.2, -0.15) is 11.8 Å². The third-order valence-corrected chi connectivity index (χ3v) is 4.18. The molecule has 0 spiro atoms. The van der Waals surface area contributed by atoms with E-state index >= 15 is 0 Å². The number of thioether (sulfide) groups is 1. The van der Waals surface area contributed by atoms with Crippen molar-refractivity contribution in [2.24, 2.45) is 5.73 Å². The molecule has 0 aromatic heterocycles. The summed E-state index contributed by atoms with van der Waals surface area (Å²) >= 11 is 11.1. The van der Waals surface area contributed by atoms with Gasteiger partial charge in [-0.3, -0.25) is 4.79 Å². The van der Waals surface area contributed by atoms with Crippen LogP contribution in [-0.2, 0) is 4.79 Å². The summed E-state index contributed by atoms with van der Waals surface area (Å²) in [6.07, 6.45) is 2.64. The zero-order valence-electron chi connectivity index (χ0n) is 10.3. The first-order chi connectivity index (χ1) is 8.45. The molecule has 0 bridgehead atoms. The average molecular weight is 352 g/mol. The monoisotopic (exact) mass is 350 g/mol. The second-order valence-corrected chi connectivity index (χ2v) is 6.21. The van der Waals surface area contributed by atoms with E-state index in [0.717, 1.165) is 15.8 Å². The van der Waals surface area contributed by atoms with Gasteiger partial charge in [-0.1, -0.05) is 11.6 Å². The Labute approximate surface area is 125 Å². The molecule has 1 rings (SSSR count). The van der Waals surface area contributed by atoms with Gasteiger partial charge in [0.2, 0.25) is 5.91 Å². The van der Waals surface area contributed by atoms with Gasteiger partial charge >= 0.3 is 0 Å². The van der Waals surface area contributed by atoms with Gasteiger partial charge in [0.1, 0.15) is 0 Å². The minimum absolute atomic E-state index is 0.190. The van der Waals surface area contributed by atoms with Crippen molar-refractivity contribution in [3.63, 3.8) is 0 Å². The fourth-order valence-electron chi connectivity index (χ4n) is 1.34. The number of rotatable bonds is 5. The lowest BCUT2D eigenvalue weighted by Crippen LogP contribution is -2.36. The molecule has 6 heteroatoms. The van der Waals surface area contributed by atoms with Crippen LogP contribution < -0.4 is 11.1 Å². The maximum absolute atomic E-state index is 11.9. The van der Waals surface area contributed by atoms with E-state index in [0.29, 0.717) is 17.1 Å². The lowest BCUT2D eigenvalue weighted by atomic mass is 10.2. The van der Waals surface area contributed by atoms with Crippen molar-refractivity contribution in [2.45, 2.75) is 19.4 Å². The number of carbonyl (C=O) groups is 1. The van der Waals surface area contributed by atoms with Crippen molar-refractivity contribution in [3.05, 3.63) is 27.2 Å². The Hall–Kier alpha value is -0.230. The Morgan fingerprint density at radius 1 is 1.61 bits per heavy atom. The van der Waals surface area contributed by atoms with Crippen LogP contribution in [0.25, 0.3) is 0 Å². The van der Waals surface area contributed by atoms with Crippen LogP contribution >= 0.6 is 39.3 Å². The highest BCUT2D eigenvalue weighted by atomic mass is 79.9. The quantitative estimate of drug-likeness (QED) is 0.854. The summed E-state index contributed by atoms with van der Waals surface area (Å²) in [6.45, 7) is 1.91. The summed E-state index contributed by atoms with van der Waals surface area (Å²) in [5, 5.41) is 3.40. The highest BCUT2D eigenvalue weighted by molar-refractivity contribution is 9.10. The van der Waals surface area contributed by atoms with E-state index in [1.54, 1.807) is 17.8 Å². The summed E-state index contributed by atoms with van der Waals surface area (Å²) in [4.78, 5) is 11.9. The molecule has 1 amide bonds. The number of benzene rings is 1. The van der Waals surface area contributed by atoms with E-state index in [-0.39, 0.29) is 5.91 Å². The standard InChI is InChI=1S/C12H16BrClN2OS/c1-7-5-8(13)11(6-9(7)14)16-12(17)10(15)3-4-18-2/h5-6,10H,3-4,15H2,1-2H3,(H,16,17)/t10-/m0/s1. The first kappa shape index (κ1) is 15.8. The molecule has 0 saturated heterocycles. The number of nitrogens with one attached hydrogen (secondary N) is 1. The molecule has 1 aromatic rings. The smallest absolute Gasteiger partial charge is 0.241 e. The predicted octanol–water partition coefficient (Wildman–Crippen LogP) is 3.43. The molecule has 0 fully saturated rings. The van der Waals surface area contributed by atoms with Crippen molar-refractivity contribution in [1.82, 2.24) is 0 Å². The number of nitrogens with two attached hydrogens (primary N) is 1. The van der Waals surface area contributed by atoms with E-state index in [4.69, 9.17) is 17.3 Å². The third kappa shape index (κ3) is 4.46. The van der Waals surface area contributed by atoms with Crippen molar-refractivity contribution in [2.75, 3.05) is 17.3 Å². The molecule has 0 aliphatic carbocycles. The first-order valence-electron chi connectivity index (χ1n) is 5.46. The van der Waals surface area contributed by atoms with Gasteiger partial charge in [-0.05, 0) is 59.0 Å². The topological polar surface area (TPSA) is 55.1 Å². The Kier molecular flexibility index (Phi) is 6.49. The molecule has 0 unspecified atom stereocenters. The van der Waals surface area contributed by atoms with Gasteiger partial charge in [-0.15, -0.1) is 0 Å². The minimum atomic E-state index is -0.496. The van der Waals surface area contributed by atoms with Crippen LogP contribution in [0.3, 0.4) is 0 Å². The molecule has 3 nitrogen and oxygen atoms in total. The number of aryl methyl sites for hydroxylation is 1. The van der Waals surface area contributed by atoms with E-state index in [2.05, 4.69) is 21.2 Å². The zero-order chi connectivity index (χ0) is 13.7. The lowest BCUT2D eigenvalue weighted by molar-refractivity contribution is -0.117. The largest absolute Gasteiger partial charge is 0.324 e. The van der Waals surface area contributed by atoms with Gasteiger partial charge in [0.05, 0.1) is 11.7 Å². The summed E-state index contributed by atoms with van der Waals surface area (Å²) < 4.78 is 0.801. The zero-order valence-corrected chi connectivity index (χ0v) is 13.5. The van der Waals surface area contributed by atoms with E-state index < -0.39 is 6.04 Å². The van der Waals surface area contributed by atoms with Crippen LogP contribution in [0.2, 0.25) is 5.02 Å². The Morgan fingerprint density at radius 3 is 2.89 bits per heavy atom. The average Bonchev–Trinajstić information content (AvgIpc) is 2.32. The number of carbonyl (C=O) groups excluding carboxylic acids is 1. The number of hydrogen-bond donors (Lipinski definition) is 2. The van der Waals surface area contributed by atoms with Crippen LogP contribution in [-0.4, -0.2) is 24.0 Å². The highest BCUT2D eigenvalue weighted by Gasteiger charge is 2.15. The summed E-state index contributed by atoms with van der Waals surface area (Å²) in [6, 6.07) is 3.09. The molecule has 0 heterocycles. The molecule has 0 saturated carbocycles. The highest BCUT2D eigenvalue weighted by Crippen LogP contribution is 2.29. The maximum atomic E-state index is 11.9. The molecule has 0 radical (unpaired) electrons. The van der Waals surface area contributed by atoms with Crippen molar-refractivity contribution < 1.29 is 4.79 Å². The maximum Gasteiger partial charge on any atom is 0.241 e. The Bertz CT molecular complexity index is 442. The van der Waals surface area contributed by atoms with Crippen LogP contribution in [0, 0.1) is 6.92 Å². The van der Waals surface area contributed by atoms with Gasteiger partial charge in [0, 0.05) is 9.50 Å². The van der Waals surface area contributed by atoms with Crippen LogP contribution in [0.1, 0.15) is 12.0 Å². The van der Waals surface area contributed by atoms with Gasteiger partial charge in [0.15, 0.2) is 0 Å². The molecule has 18 heavy (non-hydrogen) atoms. The van der Waals surface area contributed by atoms with Crippen LogP contribution in [0.4, 0.5) is 5.69 Å². The number of hydrogen-bond acceptors (Lipinski definition) is 3. The summed E-state index contributed by atoms with van der Waals surface area (Å²) in [7, 11) is 0. The minimum Gasteiger partial charge on any atom is -0.324 e. The van der Waals surface area contributed by atoms with Crippen LogP contribution in [0.5, 0.6) is 0 Å². The van der Waals surface area contributed by atoms with E-state index in [1.807, 2.05) is 19.2 Å². The van der Waals surface area contributed by atoms with E-state index in [1.165, 1.54) is 0 Å². The number of amides is 1. The Morgan fingerprint density at radius 2 is 2.28 bits per heavy atom. The van der Waals surface area contributed by atoms with Crippen molar-refractivity contribution in [1.29, 1.82) is 0 Å². The molecule has 0 aliphatic rings. The molecular formula is C12H16BrClN2OS. The molecule has 0 aliphatic heterocycles. The number of halogens is 2. The van der Waals surface area contributed by atoms with E-state index in [9.17, 15) is 4.79 Å². The molecule has 1 atom stereocenters. The molecule has 3 N–H and O–H groups in total. The number of anilines is 1. The fraction of sp³-hybridized carbons (Fsp3) is 0.417. The van der Waals surface area contributed by atoms with Crippen molar-refractivity contribution >= 4 is 50.9 Å². The predicted molar refractivity (Wildman–Crippen MR) is 83.5 cm³/mol. The van der Waals surface area contributed by atoms with Crippen LogP contribution in [0.15, 0.2) is 16.6 Å². The Balaban J connectivity index is 2.72. The van der Waals surface area contributed by atoms with Gasteiger partial charge < -0.3 is 11.1 Å². The van der Waals surface area contributed by atoms with Gasteiger partial charge in [-0.25, -0.2) is 0 Å². The third-order valence-electron chi connectivity index (χ3n) is 2.48. The molecule has 100 valence electrons. The van der Waals surface area contributed by atoms with Crippen molar-refractivity contribution in [3.8, 4) is 0 Å². The summed E-state index contributed by atoms with van der Waals surface area (Å²) in [5.41, 5.74) is 7.40. The second-order valence-electron chi connectivity index (χ2n) is 3.96. The van der Waals surface area contributed by atoms with Gasteiger partial charge in [0.25, 0.3) is 0 Å². The molecule has 1 aromatic carbocycles. The fourth-order valence-corrected chi connectivity index (χ4v) is 2.55.